The number of carbonyl (C=O) groups excluding carboxylic acids is 2. The number of nitrogens with one attached hydrogen (secondary N) is 1. The van der Waals surface area contributed by atoms with Crippen molar-refractivity contribution in [2.75, 3.05) is 32.1 Å². The van der Waals surface area contributed by atoms with Crippen molar-refractivity contribution in [3.05, 3.63) is 84.1 Å². The van der Waals surface area contributed by atoms with Crippen LogP contribution in [0.15, 0.2) is 72.9 Å². The SMILES string of the molecule is COc1cccc(Nc2ncccc2C(=O)N2CCN(Cc3ccccc3)C[C@@H]2C(N)=O)c1. The van der Waals surface area contributed by atoms with Crippen LogP contribution in [-0.4, -0.2) is 59.4 Å². The number of carbonyl (C=O) groups is 2. The summed E-state index contributed by atoms with van der Waals surface area (Å²) in [6.07, 6.45) is 1.61. The number of hydrogen-bond acceptors (Lipinski definition) is 6. The van der Waals surface area contributed by atoms with Crippen LogP contribution in [0.1, 0.15) is 15.9 Å². The van der Waals surface area contributed by atoms with Gasteiger partial charge in [-0.15, -0.1) is 0 Å². The van der Waals surface area contributed by atoms with Crippen LogP contribution in [0.4, 0.5) is 11.5 Å². The molecule has 1 aromatic heterocycles. The maximum absolute atomic E-state index is 13.5. The number of anilines is 2. The van der Waals surface area contributed by atoms with Gasteiger partial charge in [0.1, 0.15) is 17.6 Å². The van der Waals surface area contributed by atoms with Crippen LogP contribution in [0, 0.1) is 0 Å². The third kappa shape index (κ3) is 5.30. The lowest BCUT2D eigenvalue weighted by Gasteiger charge is -2.40. The number of rotatable bonds is 7. The van der Waals surface area contributed by atoms with E-state index in [2.05, 4.69) is 15.2 Å². The van der Waals surface area contributed by atoms with Gasteiger partial charge in [-0.25, -0.2) is 4.98 Å². The molecule has 1 fully saturated rings. The number of nitrogens with two attached hydrogens (primary N) is 1. The molecule has 0 aliphatic carbocycles. The Hall–Kier alpha value is -3.91. The van der Waals surface area contributed by atoms with Crippen molar-refractivity contribution in [1.82, 2.24) is 14.8 Å². The molecular formula is C25H27N5O3. The minimum atomic E-state index is -0.722. The standard InChI is InChI=1S/C25H27N5O3/c1-33-20-10-5-9-19(15-20)28-24-21(11-6-12-27-24)25(32)30-14-13-29(17-22(30)23(26)31)16-18-7-3-2-4-8-18/h2-12,15,22H,13-14,16-17H2,1H3,(H2,26,31)(H,27,28)/t22-/m1/s1. The van der Waals surface area contributed by atoms with Crippen molar-refractivity contribution in [3.8, 4) is 5.75 Å². The Labute approximate surface area is 193 Å². The number of aromatic nitrogens is 1. The fourth-order valence-electron chi connectivity index (χ4n) is 3.98. The Bertz CT molecular complexity index is 1120. The van der Waals surface area contributed by atoms with Gasteiger partial charge in [-0.1, -0.05) is 36.4 Å². The van der Waals surface area contributed by atoms with Crippen molar-refractivity contribution < 1.29 is 14.3 Å². The van der Waals surface area contributed by atoms with Gasteiger partial charge in [0.15, 0.2) is 0 Å². The van der Waals surface area contributed by atoms with Crippen molar-refractivity contribution in [1.29, 1.82) is 0 Å². The van der Waals surface area contributed by atoms with E-state index < -0.39 is 11.9 Å². The average Bonchev–Trinajstić information content (AvgIpc) is 2.84. The monoisotopic (exact) mass is 445 g/mol. The molecule has 0 radical (unpaired) electrons. The van der Waals surface area contributed by atoms with Gasteiger partial charge in [0.05, 0.1) is 12.7 Å². The topological polar surface area (TPSA) is 101 Å². The van der Waals surface area contributed by atoms with E-state index in [0.717, 1.165) is 11.3 Å². The summed E-state index contributed by atoms with van der Waals surface area (Å²) in [5.41, 5.74) is 7.98. The van der Waals surface area contributed by atoms with Crippen LogP contribution >= 0.6 is 0 Å². The van der Waals surface area contributed by atoms with Gasteiger partial charge in [0, 0.05) is 44.1 Å². The molecule has 3 aromatic rings. The van der Waals surface area contributed by atoms with E-state index in [4.69, 9.17) is 10.5 Å². The molecular weight excluding hydrogens is 418 g/mol. The van der Waals surface area contributed by atoms with Crippen molar-refractivity contribution >= 4 is 23.3 Å². The summed E-state index contributed by atoms with van der Waals surface area (Å²) in [4.78, 5) is 33.9. The highest BCUT2D eigenvalue weighted by molar-refractivity contribution is 6.01. The molecule has 33 heavy (non-hydrogen) atoms. The molecule has 1 aliphatic rings. The zero-order valence-corrected chi connectivity index (χ0v) is 18.5. The summed E-state index contributed by atoms with van der Waals surface area (Å²) in [5.74, 6) is 0.293. The lowest BCUT2D eigenvalue weighted by atomic mass is 10.1. The molecule has 3 N–H and O–H groups in total. The predicted octanol–water partition coefficient (Wildman–Crippen LogP) is 2.65. The highest BCUT2D eigenvalue weighted by Crippen LogP contribution is 2.24. The van der Waals surface area contributed by atoms with Crippen LogP contribution in [0.2, 0.25) is 0 Å². The van der Waals surface area contributed by atoms with E-state index in [0.29, 0.717) is 43.3 Å². The van der Waals surface area contributed by atoms with E-state index in [1.54, 1.807) is 30.3 Å². The number of piperazine rings is 1. The molecule has 2 heterocycles. The maximum atomic E-state index is 13.5. The molecule has 170 valence electrons. The summed E-state index contributed by atoms with van der Waals surface area (Å²) in [6, 6.07) is 20.1. The first-order valence-electron chi connectivity index (χ1n) is 10.8. The predicted molar refractivity (Wildman–Crippen MR) is 126 cm³/mol. The van der Waals surface area contributed by atoms with Gasteiger partial charge in [0.25, 0.3) is 5.91 Å². The fourth-order valence-corrected chi connectivity index (χ4v) is 3.98. The molecule has 0 unspecified atom stereocenters. The summed E-state index contributed by atoms with van der Waals surface area (Å²) in [7, 11) is 1.59. The number of hydrogen-bond donors (Lipinski definition) is 2. The maximum Gasteiger partial charge on any atom is 0.258 e. The van der Waals surface area contributed by atoms with Crippen molar-refractivity contribution in [2.45, 2.75) is 12.6 Å². The number of amides is 2. The number of nitrogens with zero attached hydrogens (tertiary/aromatic N) is 3. The third-order valence-electron chi connectivity index (χ3n) is 5.67. The van der Waals surface area contributed by atoms with E-state index >= 15 is 0 Å². The van der Waals surface area contributed by atoms with Crippen molar-refractivity contribution in [3.63, 3.8) is 0 Å². The minimum absolute atomic E-state index is 0.281. The van der Waals surface area contributed by atoms with E-state index in [-0.39, 0.29) is 5.91 Å². The van der Waals surface area contributed by atoms with Crippen LogP contribution in [0.25, 0.3) is 0 Å². The van der Waals surface area contributed by atoms with Gasteiger partial charge < -0.3 is 20.7 Å². The molecule has 8 heteroatoms. The summed E-state index contributed by atoms with van der Waals surface area (Å²) in [6.45, 7) is 2.12. The number of pyridine rings is 1. The first-order valence-corrected chi connectivity index (χ1v) is 10.8. The lowest BCUT2D eigenvalue weighted by molar-refractivity contribution is -0.124. The second-order valence-corrected chi connectivity index (χ2v) is 7.89. The first kappa shape index (κ1) is 22.3. The zero-order chi connectivity index (χ0) is 23.2. The van der Waals surface area contributed by atoms with Gasteiger partial charge in [-0.3, -0.25) is 14.5 Å². The number of benzene rings is 2. The second kappa shape index (κ2) is 10.1. The van der Waals surface area contributed by atoms with Gasteiger partial charge >= 0.3 is 0 Å². The lowest BCUT2D eigenvalue weighted by Crippen LogP contribution is -2.59. The first-order chi connectivity index (χ1) is 16.0. The molecule has 2 aromatic carbocycles. The quantitative estimate of drug-likeness (QED) is 0.580. The molecule has 1 saturated heterocycles. The van der Waals surface area contributed by atoms with Gasteiger partial charge in [0.2, 0.25) is 5.91 Å². The van der Waals surface area contributed by atoms with Gasteiger partial charge in [-0.05, 0) is 29.8 Å². The molecule has 0 bridgehead atoms. The summed E-state index contributed by atoms with van der Waals surface area (Å²) in [5, 5.41) is 3.19. The molecule has 8 nitrogen and oxygen atoms in total. The zero-order valence-electron chi connectivity index (χ0n) is 18.5. The fraction of sp³-hybridized carbons (Fsp3) is 0.240. The van der Waals surface area contributed by atoms with E-state index in [1.165, 1.54) is 0 Å². The number of primary amides is 1. The van der Waals surface area contributed by atoms with Crippen LogP contribution in [-0.2, 0) is 11.3 Å². The molecule has 0 spiro atoms. The Morgan fingerprint density at radius 3 is 2.67 bits per heavy atom. The highest BCUT2D eigenvalue weighted by Gasteiger charge is 2.35. The molecule has 1 aliphatic heterocycles. The summed E-state index contributed by atoms with van der Waals surface area (Å²) < 4.78 is 5.27. The highest BCUT2D eigenvalue weighted by atomic mass is 16.5. The van der Waals surface area contributed by atoms with Crippen LogP contribution in [0.3, 0.4) is 0 Å². The number of methoxy groups -OCH3 is 1. The third-order valence-corrected chi connectivity index (χ3v) is 5.67. The van der Waals surface area contributed by atoms with Crippen molar-refractivity contribution in [2.24, 2.45) is 5.73 Å². The Morgan fingerprint density at radius 1 is 1.09 bits per heavy atom. The van der Waals surface area contributed by atoms with Crippen LogP contribution < -0.4 is 15.8 Å². The summed E-state index contributed by atoms with van der Waals surface area (Å²) >= 11 is 0. The Balaban J connectivity index is 1.53. The molecule has 2 amide bonds. The molecule has 4 rings (SSSR count). The average molecular weight is 446 g/mol. The second-order valence-electron chi connectivity index (χ2n) is 7.89. The largest absolute Gasteiger partial charge is 0.497 e. The van der Waals surface area contributed by atoms with E-state index in [1.807, 2.05) is 54.6 Å². The minimum Gasteiger partial charge on any atom is -0.497 e. The normalized spacial score (nSPS) is 16.3. The van der Waals surface area contributed by atoms with Crippen LogP contribution in [0.5, 0.6) is 5.75 Å². The van der Waals surface area contributed by atoms with E-state index in [9.17, 15) is 9.59 Å². The number of ether oxygens (including phenoxy) is 1. The Morgan fingerprint density at radius 2 is 1.91 bits per heavy atom. The molecule has 0 saturated carbocycles. The van der Waals surface area contributed by atoms with Gasteiger partial charge in [-0.2, -0.15) is 0 Å². The molecule has 1 atom stereocenters. The Kier molecular flexibility index (Phi) is 6.85. The smallest absolute Gasteiger partial charge is 0.258 e.